The van der Waals surface area contributed by atoms with Gasteiger partial charge in [-0.1, -0.05) is 60.1 Å². The molecule has 0 atom stereocenters. The number of hydrogen-bond donors (Lipinski definition) is 0. The van der Waals surface area contributed by atoms with Crippen LogP contribution in [0.1, 0.15) is 5.56 Å². The first kappa shape index (κ1) is 20.5. The summed E-state index contributed by atoms with van der Waals surface area (Å²) in [5, 5.41) is 0. The number of anilines is 1. The van der Waals surface area contributed by atoms with E-state index in [1.54, 1.807) is 4.90 Å². The quantitative estimate of drug-likeness (QED) is 0.558. The van der Waals surface area contributed by atoms with E-state index in [0.29, 0.717) is 16.6 Å². The van der Waals surface area contributed by atoms with Crippen LogP contribution in [-0.2, 0) is 21.4 Å². The van der Waals surface area contributed by atoms with Crippen LogP contribution >= 0.6 is 22.9 Å². The summed E-state index contributed by atoms with van der Waals surface area (Å²) in [6, 6.07) is 21.8. The van der Waals surface area contributed by atoms with Gasteiger partial charge in [0.25, 0.3) is 10.0 Å². The number of likely N-dealkylation sites (N-methyl/N-ethyl adjacent to an activating group) is 1. The molecule has 0 aliphatic rings. The molecule has 0 radical (unpaired) electrons. The standard InChI is InChI=1S/C20H19ClN2O3S2/c1-22(28(25,26)20-13-12-18(21)27-20)15-19(24)23(17-10-6-3-7-11-17)14-16-8-4-2-5-9-16/h2-13H,14-15H2,1H3. The highest BCUT2D eigenvalue weighted by Crippen LogP contribution is 2.28. The lowest BCUT2D eigenvalue weighted by atomic mass is 10.2. The number of hydrogen-bond acceptors (Lipinski definition) is 4. The third-order valence-electron chi connectivity index (χ3n) is 4.12. The monoisotopic (exact) mass is 434 g/mol. The molecule has 0 aliphatic carbocycles. The Labute approximate surface area is 173 Å². The number of rotatable bonds is 7. The van der Waals surface area contributed by atoms with Gasteiger partial charge in [0.05, 0.1) is 17.4 Å². The summed E-state index contributed by atoms with van der Waals surface area (Å²) < 4.78 is 27.0. The van der Waals surface area contributed by atoms with E-state index in [9.17, 15) is 13.2 Å². The topological polar surface area (TPSA) is 57.7 Å². The van der Waals surface area contributed by atoms with Gasteiger partial charge in [0, 0.05) is 12.7 Å². The lowest BCUT2D eigenvalue weighted by Gasteiger charge is -2.25. The maximum atomic E-state index is 13.0. The highest BCUT2D eigenvalue weighted by Gasteiger charge is 2.27. The van der Waals surface area contributed by atoms with Gasteiger partial charge in [-0.25, -0.2) is 8.42 Å². The van der Waals surface area contributed by atoms with Crippen LogP contribution in [0.4, 0.5) is 5.69 Å². The van der Waals surface area contributed by atoms with E-state index >= 15 is 0 Å². The van der Waals surface area contributed by atoms with Crippen molar-refractivity contribution in [2.45, 2.75) is 10.8 Å². The van der Waals surface area contributed by atoms with Crippen LogP contribution in [0.15, 0.2) is 77.0 Å². The molecule has 1 amide bonds. The average molecular weight is 435 g/mol. The molecule has 0 N–H and O–H groups in total. The summed E-state index contributed by atoms with van der Waals surface area (Å²) in [5.41, 5.74) is 1.66. The molecule has 0 saturated carbocycles. The summed E-state index contributed by atoms with van der Waals surface area (Å²) in [6.07, 6.45) is 0. The van der Waals surface area contributed by atoms with Crippen molar-refractivity contribution in [3.05, 3.63) is 82.7 Å². The molecular weight excluding hydrogens is 416 g/mol. The molecule has 2 aromatic carbocycles. The first-order chi connectivity index (χ1) is 13.4. The second-order valence-corrected chi connectivity index (χ2v) is 10.1. The lowest BCUT2D eigenvalue weighted by molar-refractivity contribution is -0.118. The van der Waals surface area contributed by atoms with Crippen LogP contribution in [0.25, 0.3) is 0 Å². The summed E-state index contributed by atoms with van der Waals surface area (Å²) in [7, 11) is -2.39. The second kappa shape index (κ2) is 8.87. The molecule has 3 rings (SSSR count). The minimum absolute atomic E-state index is 0.113. The van der Waals surface area contributed by atoms with Gasteiger partial charge in [0.15, 0.2) is 0 Å². The van der Waals surface area contributed by atoms with E-state index in [-0.39, 0.29) is 16.7 Å². The van der Waals surface area contributed by atoms with Crippen molar-refractivity contribution in [1.29, 1.82) is 0 Å². The van der Waals surface area contributed by atoms with Crippen LogP contribution in [0.2, 0.25) is 4.34 Å². The fourth-order valence-electron chi connectivity index (χ4n) is 2.65. The van der Waals surface area contributed by atoms with Crippen molar-refractivity contribution in [3.63, 3.8) is 0 Å². The molecule has 1 heterocycles. The average Bonchev–Trinajstić information content (AvgIpc) is 3.14. The summed E-state index contributed by atoms with van der Waals surface area (Å²) in [6.45, 7) is 0.0714. The van der Waals surface area contributed by atoms with Gasteiger partial charge in [-0.2, -0.15) is 4.31 Å². The lowest BCUT2D eigenvalue weighted by Crippen LogP contribution is -2.40. The summed E-state index contributed by atoms with van der Waals surface area (Å²) in [4.78, 5) is 14.6. The van der Waals surface area contributed by atoms with Gasteiger partial charge < -0.3 is 4.90 Å². The first-order valence-corrected chi connectivity index (χ1v) is 11.1. The number of benzene rings is 2. The van der Waals surface area contributed by atoms with E-state index in [1.807, 2.05) is 60.7 Å². The van der Waals surface area contributed by atoms with Gasteiger partial charge in [-0.15, -0.1) is 11.3 Å². The number of thiophene rings is 1. The van der Waals surface area contributed by atoms with Crippen LogP contribution in [-0.4, -0.2) is 32.2 Å². The van der Waals surface area contributed by atoms with Gasteiger partial charge in [-0.3, -0.25) is 4.79 Å². The molecule has 0 saturated heterocycles. The molecule has 5 nitrogen and oxygen atoms in total. The van der Waals surface area contributed by atoms with Crippen LogP contribution < -0.4 is 4.90 Å². The van der Waals surface area contributed by atoms with Crippen LogP contribution in [0, 0.1) is 0 Å². The molecule has 3 aromatic rings. The number of sulfonamides is 1. The van der Waals surface area contributed by atoms with Crippen molar-refractivity contribution >= 4 is 44.6 Å². The van der Waals surface area contributed by atoms with E-state index in [0.717, 1.165) is 21.2 Å². The summed E-state index contributed by atoms with van der Waals surface area (Å²) >= 11 is 6.83. The Kier molecular flexibility index (Phi) is 6.51. The zero-order chi connectivity index (χ0) is 20.1. The molecule has 0 spiro atoms. The van der Waals surface area contributed by atoms with E-state index in [1.165, 1.54) is 19.2 Å². The van der Waals surface area contributed by atoms with Gasteiger partial charge in [-0.05, 0) is 29.8 Å². The molecule has 0 fully saturated rings. The fourth-order valence-corrected chi connectivity index (χ4v) is 5.46. The van der Waals surface area contributed by atoms with Gasteiger partial charge >= 0.3 is 0 Å². The fraction of sp³-hybridized carbons (Fsp3) is 0.150. The Morgan fingerprint density at radius 3 is 2.14 bits per heavy atom. The predicted octanol–water partition coefficient (Wildman–Crippen LogP) is 4.26. The number of para-hydroxylation sites is 1. The smallest absolute Gasteiger partial charge is 0.252 e. The molecule has 8 heteroatoms. The maximum absolute atomic E-state index is 13.0. The Balaban J connectivity index is 1.83. The normalized spacial score (nSPS) is 11.5. The molecule has 28 heavy (non-hydrogen) atoms. The highest BCUT2D eigenvalue weighted by molar-refractivity contribution is 7.91. The Hall–Kier alpha value is -2.19. The van der Waals surface area contributed by atoms with E-state index < -0.39 is 10.0 Å². The molecule has 0 aliphatic heterocycles. The zero-order valence-corrected chi connectivity index (χ0v) is 17.5. The maximum Gasteiger partial charge on any atom is 0.252 e. The third kappa shape index (κ3) is 4.80. The largest absolute Gasteiger partial charge is 0.307 e. The van der Waals surface area contributed by atoms with E-state index in [4.69, 9.17) is 11.6 Å². The number of halogens is 1. The Bertz CT molecular complexity index is 1040. The molecule has 0 bridgehead atoms. The SMILES string of the molecule is CN(CC(=O)N(Cc1ccccc1)c1ccccc1)S(=O)(=O)c1ccc(Cl)s1. The van der Waals surface area contributed by atoms with Crippen molar-refractivity contribution in [1.82, 2.24) is 4.31 Å². The molecular formula is C20H19ClN2O3S2. The van der Waals surface area contributed by atoms with Gasteiger partial charge in [0.1, 0.15) is 4.21 Å². The Morgan fingerprint density at radius 2 is 1.57 bits per heavy atom. The first-order valence-electron chi connectivity index (χ1n) is 8.49. The van der Waals surface area contributed by atoms with Crippen molar-refractivity contribution < 1.29 is 13.2 Å². The van der Waals surface area contributed by atoms with Crippen molar-refractivity contribution in [2.75, 3.05) is 18.5 Å². The number of carbonyl (C=O) groups excluding carboxylic acids is 1. The predicted molar refractivity (Wildman–Crippen MR) is 113 cm³/mol. The van der Waals surface area contributed by atoms with Crippen molar-refractivity contribution in [2.24, 2.45) is 0 Å². The van der Waals surface area contributed by atoms with Crippen LogP contribution in [0.3, 0.4) is 0 Å². The highest BCUT2D eigenvalue weighted by atomic mass is 35.5. The van der Waals surface area contributed by atoms with E-state index in [2.05, 4.69) is 0 Å². The number of carbonyl (C=O) groups is 1. The third-order valence-corrected chi connectivity index (χ3v) is 7.63. The number of nitrogens with zero attached hydrogens (tertiary/aromatic N) is 2. The van der Waals surface area contributed by atoms with Crippen LogP contribution in [0.5, 0.6) is 0 Å². The minimum Gasteiger partial charge on any atom is -0.307 e. The van der Waals surface area contributed by atoms with Gasteiger partial charge in [0.2, 0.25) is 5.91 Å². The van der Waals surface area contributed by atoms with Crippen molar-refractivity contribution in [3.8, 4) is 0 Å². The Morgan fingerprint density at radius 1 is 0.964 bits per heavy atom. The zero-order valence-electron chi connectivity index (χ0n) is 15.2. The molecule has 0 unspecified atom stereocenters. The molecule has 1 aromatic heterocycles. The second-order valence-electron chi connectivity index (χ2n) is 6.12. The molecule has 146 valence electrons. The minimum atomic E-state index is -3.78. The number of amides is 1. The summed E-state index contributed by atoms with van der Waals surface area (Å²) in [5.74, 6) is -0.316.